The van der Waals surface area contributed by atoms with Crippen molar-refractivity contribution < 1.29 is 23.9 Å². The summed E-state index contributed by atoms with van der Waals surface area (Å²) < 4.78 is 10.9. The predicted octanol–water partition coefficient (Wildman–Crippen LogP) is 4.64. The second kappa shape index (κ2) is 13.2. The van der Waals surface area contributed by atoms with Gasteiger partial charge in [0.1, 0.15) is 18.7 Å². The van der Waals surface area contributed by atoms with E-state index in [4.69, 9.17) is 21.1 Å². The van der Waals surface area contributed by atoms with Gasteiger partial charge in [0, 0.05) is 15.9 Å². The van der Waals surface area contributed by atoms with Gasteiger partial charge in [-0.3, -0.25) is 4.79 Å². The molecule has 2 amide bonds. The molecule has 0 saturated carbocycles. The Balaban J connectivity index is 2.08. The van der Waals surface area contributed by atoms with Crippen LogP contribution in [0, 0.1) is 5.92 Å². The molecule has 2 atom stereocenters. The largest absolute Gasteiger partial charge is 0.467 e. The molecule has 0 fully saturated rings. The lowest BCUT2D eigenvalue weighted by Gasteiger charge is -2.23. The molecule has 0 radical (unpaired) electrons. The molecule has 2 rings (SSSR count). The molecule has 0 bridgehead atoms. The van der Waals surface area contributed by atoms with E-state index in [2.05, 4.69) is 26.6 Å². The van der Waals surface area contributed by atoms with Crippen LogP contribution in [0.2, 0.25) is 5.02 Å². The number of halogens is 2. The van der Waals surface area contributed by atoms with Gasteiger partial charge >= 0.3 is 12.1 Å². The Hall–Kier alpha value is -2.58. The Morgan fingerprint density at radius 2 is 1.73 bits per heavy atom. The molecule has 0 aliphatic heterocycles. The van der Waals surface area contributed by atoms with E-state index in [1.807, 2.05) is 44.2 Å². The highest BCUT2D eigenvalue weighted by atomic mass is 79.9. The fourth-order valence-electron chi connectivity index (χ4n) is 3.14. The van der Waals surface area contributed by atoms with E-state index in [-0.39, 0.29) is 18.9 Å². The second-order valence-corrected chi connectivity index (χ2v) is 9.20. The number of carbonyl (C=O) groups is 3. The summed E-state index contributed by atoms with van der Waals surface area (Å²) in [4.78, 5) is 37.7. The molecule has 2 N–H and O–H groups in total. The van der Waals surface area contributed by atoms with Crippen molar-refractivity contribution in [2.45, 2.75) is 45.4 Å². The van der Waals surface area contributed by atoms with Crippen molar-refractivity contribution in [2.24, 2.45) is 5.92 Å². The summed E-state index contributed by atoms with van der Waals surface area (Å²) >= 11 is 9.50. The maximum atomic E-state index is 13.0. The molecular formula is C24H28BrClN2O5. The van der Waals surface area contributed by atoms with Crippen molar-refractivity contribution in [1.29, 1.82) is 0 Å². The average molecular weight is 540 g/mol. The lowest BCUT2D eigenvalue weighted by atomic mass is 10.0. The topological polar surface area (TPSA) is 93.7 Å². The molecular weight excluding hydrogens is 512 g/mol. The number of carbonyl (C=O) groups excluding carboxylic acids is 3. The fraction of sp³-hybridized carbons (Fsp3) is 0.375. The van der Waals surface area contributed by atoms with E-state index in [9.17, 15) is 14.4 Å². The summed E-state index contributed by atoms with van der Waals surface area (Å²) in [6, 6.07) is 12.6. The minimum absolute atomic E-state index is 0.0796. The van der Waals surface area contributed by atoms with E-state index in [0.29, 0.717) is 11.4 Å². The third kappa shape index (κ3) is 9.06. The number of rotatable bonds is 10. The summed E-state index contributed by atoms with van der Waals surface area (Å²) in [6.07, 6.45) is -0.195. The highest BCUT2D eigenvalue weighted by molar-refractivity contribution is 9.10. The van der Waals surface area contributed by atoms with Crippen LogP contribution in [0.3, 0.4) is 0 Å². The van der Waals surface area contributed by atoms with Gasteiger partial charge < -0.3 is 20.1 Å². The number of amides is 2. The fourth-order valence-corrected chi connectivity index (χ4v) is 3.74. The summed E-state index contributed by atoms with van der Waals surface area (Å²) in [5.74, 6) is -1.01. The maximum absolute atomic E-state index is 13.0. The van der Waals surface area contributed by atoms with Crippen molar-refractivity contribution >= 4 is 45.5 Å². The number of benzene rings is 2. The first-order valence-corrected chi connectivity index (χ1v) is 11.7. The van der Waals surface area contributed by atoms with Crippen molar-refractivity contribution in [3.8, 4) is 0 Å². The van der Waals surface area contributed by atoms with Crippen molar-refractivity contribution in [3.05, 3.63) is 69.2 Å². The lowest BCUT2D eigenvalue weighted by molar-refractivity contribution is -0.145. The molecule has 0 unspecified atom stereocenters. The van der Waals surface area contributed by atoms with E-state index < -0.39 is 30.1 Å². The summed E-state index contributed by atoms with van der Waals surface area (Å²) in [6.45, 7) is 3.94. The van der Waals surface area contributed by atoms with Crippen LogP contribution in [0.4, 0.5) is 4.79 Å². The molecule has 0 heterocycles. The molecule has 33 heavy (non-hydrogen) atoms. The zero-order valence-electron chi connectivity index (χ0n) is 18.8. The van der Waals surface area contributed by atoms with E-state index in [1.165, 1.54) is 7.11 Å². The first kappa shape index (κ1) is 26.7. The van der Waals surface area contributed by atoms with Crippen LogP contribution in [0.15, 0.2) is 53.0 Å². The third-order valence-electron chi connectivity index (χ3n) is 4.76. The van der Waals surface area contributed by atoms with Crippen LogP contribution in [0.1, 0.15) is 31.4 Å². The Morgan fingerprint density at radius 3 is 2.36 bits per heavy atom. The normalized spacial score (nSPS) is 12.5. The monoisotopic (exact) mass is 538 g/mol. The van der Waals surface area contributed by atoms with Gasteiger partial charge in [-0.15, -0.1) is 0 Å². The lowest BCUT2D eigenvalue weighted by Crippen LogP contribution is -2.53. The quantitative estimate of drug-likeness (QED) is 0.429. The molecule has 0 aromatic heterocycles. The van der Waals surface area contributed by atoms with Crippen molar-refractivity contribution in [3.63, 3.8) is 0 Å². The smallest absolute Gasteiger partial charge is 0.408 e. The highest BCUT2D eigenvalue weighted by Gasteiger charge is 2.29. The van der Waals surface area contributed by atoms with Gasteiger partial charge in [-0.05, 0) is 41.7 Å². The maximum Gasteiger partial charge on any atom is 0.408 e. The van der Waals surface area contributed by atoms with E-state index in [0.717, 1.165) is 15.6 Å². The average Bonchev–Trinajstić information content (AvgIpc) is 2.79. The van der Waals surface area contributed by atoms with E-state index >= 15 is 0 Å². The van der Waals surface area contributed by atoms with Crippen LogP contribution < -0.4 is 10.6 Å². The van der Waals surface area contributed by atoms with Gasteiger partial charge in [0.25, 0.3) is 0 Å². The number of hydrogen-bond acceptors (Lipinski definition) is 5. The van der Waals surface area contributed by atoms with Crippen LogP contribution in [-0.2, 0) is 32.1 Å². The van der Waals surface area contributed by atoms with Gasteiger partial charge in [0.2, 0.25) is 5.91 Å². The zero-order chi connectivity index (χ0) is 24.4. The van der Waals surface area contributed by atoms with Gasteiger partial charge in [-0.25, -0.2) is 9.59 Å². The first-order valence-electron chi connectivity index (χ1n) is 10.5. The number of alkyl carbamates (subject to hydrolysis) is 1. The summed E-state index contributed by atoms with van der Waals surface area (Å²) in [5.41, 5.74) is 1.56. The predicted molar refractivity (Wildman–Crippen MR) is 130 cm³/mol. The van der Waals surface area contributed by atoms with Gasteiger partial charge in [-0.1, -0.05) is 71.7 Å². The Bertz CT molecular complexity index is 955. The molecule has 0 aliphatic rings. The number of nitrogens with one attached hydrogen (secondary N) is 2. The van der Waals surface area contributed by atoms with Gasteiger partial charge in [-0.2, -0.15) is 0 Å². The number of ether oxygens (including phenoxy) is 2. The SMILES string of the molecule is COC(=O)[C@H](Cc1cc(Cl)ccc1Br)NC(=O)[C@H](CC(C)C)NC(=O)OCc1ccccc1. The number of methoxy groups -OCH3 is 1. The minimum Gasteiger partial charge on any atom is -0.467 e. The van der Waals surface area contributed by atoms with E-state index in [1.54, 1.807) is 18.2 Å². The molecule has 7 nitrogen and oxygen atoms in total. The van der Waals surface area contributed by atoms with Crippen molar-refractivity contribution in [1.82, 2.24) is 10.6 Å². The highest BCUT2D eigenvalue weighted by Crippen LogP contribution is 2.23. The van der Waals surface area contributed by atoms with Crippen LogP contribution >= 0.6 is 27.5 Å². The summed E-state index contributed by atoms with van der Waals surface area (Å²) in [7, 11) is 1.25. The standard InChI is InChI=1S/C24H28BrClN2O5/c1-15(2)11-20(28-24(31)33-14-16-7-5-4-6-8-16)22(29)27-21(23(30)32-3)13-17-12-18(26)9-10-19(17)25/h4-10,12,15,20-21H,11,13-14H2,1-3H3,(H,27,29)(H,28,31)/t20-,21-/m0/s1. The van der Waals surface area contributed by atoms with Crippen molar-refractivity contribution in [2.75, 3.05) is 7.11 Å². The first-order chi connectivity index (χ1) is 15.7. The molecule has 2 aromatic carbocycles. The second-order valence-electron chi connectivity index (χ2n) is 7.91. The van der Waals surface area contributed by atoms with Gasteiger partial charge in [0.15, 0.2) is 0 Å². The molecule has 2 aromatic rings. The molecule has 9 heteroatoms. The molecule has 0 saturated heterocycles. The Kier molecular flexibility index (Phi) is 10.7. The van der Waals surface area contributed by atoms with Crippen LogP contribution in [0.5, 0.6) is 0 Å². The molecule has 178 valence electrons. The number of hydrogen-bond donors (Lipinski definition) is 2. The Morgan fingerprint density at radius 1 is 1.03 bits per heavy atom. The third-order valence-corrected chi connectivity index (χ3v) is 5.77. The van der Waals surface area contributed by atoms with Crippen LogP contribution in [-0.4, -0.2) is 37.2 Å². The molecule has 0 spiro atoms. The summed E-state index contributed by atoms with van der Waals surface area (Å²) in [5, 5.41) is 5.81. The van der Waals surface area contributed by atoms with Crippen LogP contribution in [0.25, 0.3) is 0 Å². The zero-order valence-corrected chi connectivity index (χ0v) is 21.1. The van der Waals surface area contributed by atoms with Gasteiger partial charge in [0.05, 0.1) is 7.11 Å². The number of esters is 1. The minimum atomic E-state index is -0.964. The molecule has 0 aliphatic carbocycles. The Labute approximate surface area is 207 Å².